The summed E-state index contributed by atoms with van der Waals surface area (Å²) in [6.45, 7) is 19.3. The lowest BCUT2D eigenvalue weighted by atomic mass is 9.76. The average Bonchev–Trinajstić information content (AvgIpc) is 3.90. The number of anilines is 3. The summed E-state index contributed by atoms with van der Waals surface area (Å²) in [7, 11) is -1.99. The van der Waals surface area contributed by atoms with Crippen LogP contribution in [0.3, 0.4) is 0 Å². The van der Waals surface area contributed by atoms with E-state index in [9.17, 15) is 0 Å². The monoisotopic (exact) mass is 795 g/mol. The second kappa shape index (κ2) is 12.9. The minimum absolute atomic E-state index is 0.0960. The van der Waals surface area contributed by atoms with Crippen LogP contribution in [-0.2, 0) is 16.2 Å². The second-order valence-electron chi connectivity index (χ2n) is 19.5. The predicted octanol–water partition coefficient (Wildman–Crippen LogP) is 8.29. The van der Waals surface area contributed by atoms with E-state index in [0.717, 1.165) is 65.4 Å². The molecule has 3 aliphatic heterocycles. The molecule has 60 heavy (non-hydrogen) atoms. The van der Waals surface area contributed by atoms with Crippen molar-refractivity contribution >= 4 is 87.1 Å². The number of rotatable bonds is 3. The first kappa shape index (κ1) is 38.0. The minimum Gasteiger partial charge on any atom is -0.519 e. The Hall–Kier alpha value is -6.29. The first-order valence-corrected chi connectivity index (χ1v) is 20.5. The lowest BCUT2D eigenvalue weighted by molar-refractivity contribution is 0.518. The lowest BCUT2D eigenvalue weighted by Crippen LogP contribution is -2.39. The summed E-state index contributed by atoms with van der Waals surface area (Å²) in [5.41, 5.74) is 27.2. The molecular formula is C48H48B3N3O6. The van der Waals surface area contributed by atoms with Crippen molar-refractivity contribution in [3.05, 3.63) is 108 Å². The Morgan fingerprint density at radius 2 is 0.517 bits per heavy atom. The maximum atomic E-state index is 6.56. The Balaban J connectivity index is 1.09. The van der Waals surface area contributed by atoms with Crippen LogP contribution in [0.25, 0.3) is 32.3 Å². The normalized spacial score (nSPS) is 14.7. The van der Waals surface area contributed by atoms with Gasteiger partial charge in [-0.1, -0.05) is 98.7 Å². The van der Waals surface area contributed by atoms with Gasteiger partial charge in [-0.3, -0.25) is 0 Å². The van der Waals surface area contributed by atoms with Crippen molar-refractivity contribution in [2.75, 3.05) is 17.2 Å². The molecule has 7 aromatic carbocycles. The van der Waals surface area contributed by atoms with Crippen LogP contribution in [0.5, 0.6) is 34.5 Å². The number of nitrogens with two attached hydrogens (primary N) is 3. The molecule has 3 heterocycles. The molecule has 0 aromatic heterocycles. The zero-order valence-corrected chi connectivity index (χ0v) is 35.6. The van der Waals surface area contributed by atoms with E-state index >= 15 is 0 Å². The summed E-state index contributed by atoms with van der Waals surface area (Å²) < 4.78 is 39.2. The molecule has 6 N–H and O–H groups in total. The summed E-state index contributed by atoms with van der Waals surface area (Å²) in [6, 6.07) is 30.4. The Kier molecular flexibility index (Phi) is 8.13. The van der Waals surface area contributed by atoms with E-state index in [1.54, 1.807) is 0 Å². The van der Waals surface area contributed by atoms with Crippen molar-refractivity contribution < 1.29 is 27.9 Å². The van der Waals surface area contributed by atoms with Crippen LogP contribution >= 0.6 is 0 Å². The Morgan fingerprint density at radius 1 is 0.317 bits per heavy atom. The van der Waals surface area contributed by atoms with E-state index in [2.05, 4.69) is 117 Å². The largest absolute Gasteiger partial charge is 0.632 e. The maximum absolute atomic E-state index is 6.56. The molecule has 300 valence electrons. The van der Waals surface area contributed by atoms with Crippen molar-refractivity contribution in [3.63, 3.8) is 0 Å². The van der Waals surface area contributed by atoms with Crippen LogP contribution in [0.15, 0.2) is 91.0 Å². The number of hydrogen-bond acceptors (Lipinski definition) is 9. The van der Waals surface area contributed by atoms with Gasteiger partial charge in [0.1, 0.15) is 34.5 Å². The van der Waals surface area contributed by atoms with E-state index in [1.807, 2.05) is 36.4 Å². The number of fused-ring (bicyclic) bond motifs is 9. The number of nitrogen functional groups attached to an aromatic ring is 3. The quantitative estimate of drug-likeness (QED) is 0.0918. The fourth-order valence-electron chi connectivity index (χ4n) is 8.97. The van der Waals surface area contributed by atoms with Gasteiger partial charge in [0.05, 0.1) is 0 Å². The van der Waals surface area contributed by atoms with Gasteiger partial charge in [0.25, 0.3) is 0 Å². The highest BCUT2D eigenvalue weighted by Crippen LogP contribution is 2.50. The minimum atomic E-state index is -0.664. The smallest absolute Gasteiger partial charge is 0.519 e. The topological polar surface area (TPSA) is 133 Å². The van der Waals surface area contributed by atoms with E-state index in [1.165, 1.54) is 0 Å². The summed E-state index contributed by atoms with van der Waals surface area (Å²) >= 11 is 0. The molecule has 0 bridgehead atoms. The van der Waals surface area contributed by atoms with Gasteiger partial charge in [0, 0.05) is 33.5 Å². The molecule has 0 radical (unpaired) electrons. The molecule has 7 aromatic rings. The van der Waals surface area contributed by atoms with Gasteiger partial charge >= 0.3 is 21.4 Å². The molecule has 0 atom stereocenters. The van der Waals surface area contributed by atoms with Gasteiger partial charge in [-0.05, 0) is 120 Å². The zero-order valence-electron chi connectivity index (χ0n) is 35.6. The van der Waals surface area contributed by atoms with Gasteiger partial charge in [-0.15, -0.1) is 0 Å². The lowest BCUT2D eigenvalue weighted by Gasteiger charge is -2.21. The Labute approximate surface area is 351 Å². The van der Waals surface area contributed by atoms with Crippen LogP contribution in [0, 0.1) is 0 Å². The molecule has 0 fully saturated rings. The molecule has 0 spiro atoms. The Morgan fingerprint density at radius 3 is 0.683 bits per heavy atom. The summed E-state index contributed by atoms with van der Waals surface area (Å²) in [6.07, 6.45) is 0. The third-order valence-electron chi connectivity index (χ3n) is 12.0. The zero-order chi connectivity index (χ0) is 42.2. The molecule has 0 amide bonds. The van der Waals surface area contributed by atoms with Crippen LogP contribution in [0.1, 0.15) is 79.0 Å². The first-order valence-electron chi connectivity index (χ1n) is 20.5. The molecule has 0 unspecified atom stereocenters. The van der Waals surface area contributed by atoms with E-state index in [0.29, 0.717) is 51.6 Å². The molecule has 0 saturated carbocycles. The van der Waals surface area contributed by atoms with Gasteiger partial charge in [0.15, 0.2) is 0 Å². The van der Waals surface area contributed by atoms with Crippen molar-refractivity contribution in [2.45, 2.75) is 78.6 Å². The van der Waals surface area contributed by atoms with Crippen molar-refractivity contribution in [2.24, 2.45) is 0 Å². The standard InChI is InChI=1S/C48H48B3N3O6/c1-46(2,3)34-13-10-25(16-37(34)52)49-55-40-19-28-29(20-41(40)56-49)31-22-43-45(60-51(58-43)27-12-15-36(39(54)18-27)48(7,8)9)24-33(31)32-23-44-42(21-30(28)32)57-50(59-44)26-11-14-35(38(53)17-26)47(4,5)6/h10-24H,52-54H2,1-9H3. The fraction of sp³-hybridized carbons (Fsp3) is 0.250. The predicted molar refractivity (Wildman–Crippen MR) is 248 cm³/mol. The van der Waals surface area contributed by atoms with Crippen LogP contribution in [-0.4, -0.2) is 21.4 Å². The summed E-state index contributed by atoms with van der Waals surface area (Å²) in [4.78, 5) is 0. The van der Waals surface area contributed by atoms with Crippen molar-refractivity contribution in [1.29, 1.82) is 0 Å². The molecule has 10 rings (SSSR count). The molecule has 0 saturated heterocycles. The molecule has 0 aliphatic carbocycles. The highest BCUT2D eigenvalue weighted by molar-refractivity contribution is 6.65. The van der Waals surface area contributed by atoms with Crippen LogP contribution < -0.4 is 61.5 Å². The average molecular weight is 795 g/mol. The Bertz CT molecular complexity index is 2520. The van der Waals surface area contributed by atoms with Gasteiger partial charge < -0.3 is 45.1 Å². The third kappa shape index (κ3) is 6.18. The van der Waals surface area contributed by atoms with Crippen molar-refractivity contribution in [3.8, 4) is 34.5 Å². The van der Waals surface area contributed by atoms with E-state index in [4.69, 9.17) is 45.1 Å². The van der Waals surface area contributed by atoms with Crippen LogP contribution in [0.2, 0.25) is 0 Å². The second-order valence-corrected chi connectivity index (χ2v) is 19.5. The van der Waals surface area contributed by atoms with E-state index < -0.39 is 21.4 Å². The number of hydrogen-bond donors (Lipinski definition) is 3. The molecule has 3 aliphatic rings. The maximum Gasteiger partial charge on any atom is 0.632 e. The molecule has 9 nitrogen and oxygen atoms in total. The van der Waals surface area contributed by atoms with Gasteiger partial charge in [-0.2, -0.15) is 0 Å². The van der Waals surface area contributed by atoms with Crippen LogP contribution in [0.4, 0.5) is 17.1 Å². The first-order chi connectivity index (χ1) is 28.3. The van der Waals surface area contributed by atoms with E-state index in [-0.39, 0.29) is 16.2 Å². The van der Waals surface area contributed by atoms with Gasteiger partial charge in [-0.25, -0.2) is 0 Å². The molecule has 12 heteroatoms. The number of benzene rings is 7. The highest BCUT2D eigenvalue weighted by atomic mass is 16.6. The van der Waals surface area contributed by atoms with Crippen molar-refractivity contribution in [1.82, 2.24) is 0 Å². The third-order valence-corrected chi connectivity index (χ3v) is 12.0. The van der Waals surface area contributed by atoms with Gasteiger partial charge in [0.2, 0.25) is 0 Å². The molecular weight excluding hydrogens is 747 g/mol. The fourth-order valence-corrected chi connectivity index (χ4v) is 8.97. The highest BCUT2D eigenvalue weighted by Gasteiger charge is 2.39. The summed E-state index contributed by atoms with van der Waals surface area (Å²) in [5, 5.41) is 5.74. The summed E-state index contributed by atoms with van der Waals surface area (Å²) in [5.74, 6) is 3.80. The SMILES string of the molecule is CC(C)(C)c1ccc(B2Oc3cc4c5cc6c(cc5c5cc7c(cc5c4cc3O2)OB(c2ccc(C(C)(C)C)c(N)c2)O7)OB(c2ccc(C(C)(C)C)c(N)c2)O6)cc1N.